The molecule has 1 rings (SSSR count). The first kappa shape index (κ1) is 12.5. The molecule has 0 aliphatic rings. The molecule has 1 aromatic heterocycles. The first-order chi connectivity index (χ1) is 7.61. The average Bonchev–Trinajstić information content (AvgIpc) is 2.61. The van der Waals surface area contributed by atoms with Crippen molar-refractivity contribution in [3.05, 3.63) is 12.3 Å². The lowest BCUT2D eigenvalue weighted by Gasteiger charge is -2.10. The Kier molecular flexibility index (Phi) is 4.78. The molecule has 1 amide bonds. The lowest BCUT2D eigenvalue weighted by molar-refractivity contribution is -0.122. The number of nitrogens with zero attached hydrogens (tertiary/aromatic N) is 2. The smallest absolute Gasteiger partial charge is 0.241 e. The van der Waals surface area contributed by atoms with E-state index < -0.39 is 0 Å². The molecule has 0 radical (unpaired) electrons. The molecule has 0 bridgehead atoms. The average molecular weight is 226 g/mol. The minimum absolute atomic E-state index is 0.104. The Morgan fingerprint density at radius 1 is 1.75 bits per heavy atom. The van der Waals surface area contributed by atoms with Crippen LogP contribution in [0.4, 0.5) is 5.82 Å². The number of carbonyl (C=O) groups excluding carboxylic acids is 1. The normalized spacial score (nSPS) is 12.4. The fraction of sp³-hybridized carbons (Fsp3) is 0.600. The van der Waals surface area contributed by atoms with Crippen molar-refractivity contribution in [1.82, 2.24) is 15.1 Å². The van der Waals surface area contributed by atoms with E-state index in [4.69, 9.17) is 10.8 Å². The van der Waals surface area contributed by atoms with E-state index in [0.29, 0.717) is 18.8 Å². The highest BCUT2D eigenvalue weighted by Crippen LogP contribution is 1.98. The van der Waals surface area contributed by atoms with Gasteiger partial charge in [-0.25, -0.2) is 0 Å². The van der Waals surface area contributed by atoms with Gasteiger partial charge in [0.05, 0.1) is 0 Å². The van der Waals surface area contributed by atoms with Crippen molar-refractivity contribution in [2.24, 2.45) is 5.92 Å². The standard InChI is InChI=1S/C10H18N4O2/c1-8(3-5-15)6-12-10(16)7-14-4-2-9(11)13-14/h2,4,8,15H,3,5-7H2,1H3,(H2,11,13)(H,12,16). The van der Waals surface area contributed by atoms with Crippen LogP contribution in [-0.4, -0.2) is 33.9 Å². The zero-order valence-corrected chi connectivity index (χ0v) is 9.39. The summed E-state index contributed by atoms with van der Waals surface area (Å²) in [5, 5.41) is 15.4. The molecular weight excluding hydrogens is 208 g/mol. The molecule has 1 atom stereocenters. The van der Waals surface area contributed by atoms with E-state index >= 15 is 0 Å². The highest BCUT2D eigenvalue weighted by molar-refractivity contribution is 5.75. The van der Waals surface area contributed by atoms with Gasteiger partial charge in [-0.2, -0.15) is 5.10 Å². The van der Waals surface area contributed by atoms with Gasteiger partial charge in [-0.1, -0.05) is 6.92 Å². The molecule has 90 valence electrons. The number of nitrogens with one attached hydrogen (secondary N) is 1. The number of carbonyl (C=O) groups is 1. The van der Waals surface area contributed by atoms with Crippen molar-refractivity contribution in [2.45, 2.75) is 19.9 Å². The second-order valence-electron chi connectivity index (χ2n) is 3.86. The number of anilines is 1. The number of nitrogen functional groups attached to an aromatic ring is 1. The number of nitrogens with two attached hydrogens (primary N) is 1. The molecular formula is C10H18N4O2. The van der Waals surface area contributed by atoms with Gasteiger partial charge in [0.2, 0.25) is 5.91 Å². The number of hydrogen-bond donors (Lipinski definition) is 3. The molecule has 16 heavy (non-hydrogen) atoms. The van der Waals surface area contributed by atoms with E-state index in [0.717, 1.165) is 0 Å². The van der Waals surface area contributed by atoms with Crippen LogP contribution in [0.5, 0.6) is 0 Å². The molecule has 0 aromatic carbocycles. The maximum Gasteiger partial charge on any atom is 0.241 e. The van der Waals surface area contributed by atoms with Gasteiger partial charge in [0.15, 0.2) is 0 Å². The molecule has 6 nitrogen and oxygen atoms in total. The molecule has 0 aliphatic heterocycles. The predicted molar refractivity (Wildman–Crippen MR) is 60.5 cm³/mol. The lowest BCUT2D eigenvalue weighted by Crippen LogP contribution is -2.31. The SMILES string of the molecule is CC(CCO)CNC(=O)Cn1ccc(N)n1. The summed E-state index contributed by atoms with van der Waals surface area (Å²) in [7, 11) is 0. The van der Waals surface area contributed by atoms with Crippen LogP contribution >= 0.6 is 0 Å². The Labute approximate surface area is 94.4 Å². The van der Waals surface area contributed by atoms with Crippen LogP contribution in [0.1, 0.15) is 13.3 Å². The van der Waals surface area contributed by atoms with Crippen molar-refractivity contribution < 1.29 is 9.90 Å². The highest BCUT2D eigenvalue weighted by Gasteiger charge is 2.06. The fourth-order valence-electron chi connectivity index (χ4n) is 1.28. The largest absolute Gasteiger partial charge is 0.396 e. The third-order valence-electron chi connectivity index (χ3n) is 2.24. The molecule has 0 aliphatic carbocycles. The number of aliphatic hydroxyl groups excluding tert-OH is 1. The van der Waals surface area contributed by atoms with Crippen LogP contribution in [-0.2, 0) is 11.3 Å². The maximum atomic E-state index is 11.5. The molecule has 4 N–H and O–H groups in total. The van der Waals surface area contributed by atoms with Gasteiger partial charge < -0.3 is 16.2 Å². The second kappa shape index (κ2) is 6.12. The van der Waals surface area contributed by atoms with Gasteiger partial charge in [-0.15, -0.1) is 0 Å². The van der Waals surface area contributed by atoms with Crippen LogP contribution in [0.2, 0.25) is 0 Å². The number of aromatic nitrogens is 2. The summed E-state index contributed by atoms with van der Waals surface area (Å²) in [6, 6.07) is 1.64. The molecule has 0 spiro atoms. The Bertz CT molecular complexity index is 337. The van der Waals surface area contributed by atoms with E-state index in [1.54, 1.807) is 12.3 Å². The molecule has 0 saturated heterocycles. The molecule has 1 aromatic rings. The summed E-state index contributed by atoms with van der Waals surface area (Å²) in [6.07, 6.45) is 2.35. The minimum atomic E-state index is -0.104. The zero-order valence-electron chi connectivity index (χ0n) is 9.39. The van der Waals surface area contributed by atoms with Crippen molar-refractivity contribution in [2.75, 3.05) is 18.9 Å². The van der Waals surface area contributed by atoms with Crippen LogP contribution in [0.3, 0.4) is 0 Å². The second-order valence-corrected chi connectivity index (χ2v) is 3.86. The number of rotatable bonds is 6. The fourth-order valence-corrected chi connectivity index (χ4v) is 1.28. The topological polar surface area (TPSA) is 93.2 Å². The maximum absolute atomic E-state index is 11.5. The monoisotopic (exact) mass is 226 g/mol. The Balaban J connectivity index is 2.26. The van der Waals surface area contributed by atoms with Crippen molar-refractivity contribution in [1.29, 1.82) is 0 Å². The number of hydrogen-bond acceptors (Lipinski definition) is 4. The number of aliphatic hydroxyl groups is 1. The minimum Gasteiger partial charge on any atom is -0.396 e. The van der Waals surface area contributed by atoms with Crippen molar-refractivity contribution in [3.8, 4) is 0 Å². The molecule has 1 unspecified atom stereocenters. The van der Waals surface area contributed by atoms with Gasteiger partial charge in [0.1, 0.15) is 12.4 Å². The van der Waals surface area contributed by atoms with E-state index in [-0.39, 0.29) is 25.0 Å². The highest BCUT2D eigenvalue weighted by atomic mass is 16.3. The molecule has 0 fully saturated rings. The van der Waals surface area contributed by atoms with Crippen LogP contribution < -0.4 is 11.1 Å². The predicted octanol–water partition coefficient (Wildman–Crippen LogP) is -0.400. The third-order valence-corrected chi connectivity index (χ3v) is 2.24. The summed E-state index contributed by atoms with van der Waals surface area (Å²) in [5.41, 5.74) is 5.42. The van der Waals surface area contributed by atoms with Gasteiger partial charge in [-0.3, -0.25) is 9.48 Å². The van der Waals surface area contributed by atoms with E-state index in [9.17, 15) is 4.79 Å². The zero-order chi connectivity index (χ0) is 12.0. The van der Waals surface area contributed by atoms with E-state index in [1.165, 1.54) is 4.68 Å². The van der Waals surface area contributed by atoms with E-state index in [2.05, 4.69) is 10.4 Å². The first-order valence-electron chi connectivity index (χ1n) is 5.28. The van der Waals surface area contributed by atoms with Gasteiger partial charge >= 0.3 is 0 Å². The summed E-state index contributed by atoms with van der Waals surface area (Å²) >= 11 is 0. The van der Waals surface area contributed by atoms with Crippen LogP contribution in [0.15, 0.2) is 12.3 Å². The van der Waals surface area contributed by atoms with Crippen LogP contribution in [0.25, 0.3) is 0 Å². The van der Waals surface area contributed by atoms with Crippen molar-refractivity contribution in [3.63, 3.8) is 0 Å². The van der Waals surface area contributed by atoms with Crippen LogP contribution in [0, 0.1) is 5.92 Å². The summed E-state index contributed by atoms with van der Waals surface area (Å²) in [4.78, 5) is 11.5. The Morgan fingerprint density at radius 3 is 3.06 bits per heavy atom. The van der Waals surface area contributed by atoms with Gasteiger partial charge in [0, 0.05) is 19.3 Å². The third kappa shape index (κ3) is 4.31. The number of amides is 1. The van der Waals surface area contributed by atoms with Gasteiger partial charge in [-0.05, 0) is 18.4 Å². The van der Waals surface area contributed by atoms with E-state index in [1.807, 2.05) is 6.92 Å². The Morgan fingerprint density at radius 2 is 2.50 bits per heavy atom. The molecule has 0 saturated carbocycles. The summed E-state index contributed by atoms with van der Waals surface area (Å²) in [6.45, 7) is 2.86. The Hall–Kier alpha value is -1.56. The molecule has 6 heteroatoms. The first-order valence-corrected chi connectivity index (χ1v) is 5.28. The summed E-state index contributed by atoms with van der Waals surface area (Å²) < 4.78 is 1.49. The quantitative estimate of drug-likeness (QED) is 0.615. The van der Waals surface area contributed by atoms with Gasteiger partial charge in [0.25, 0.3) is 0 Å². The lowest BCUT2D eigenvalue weighted by atomic mass is 10.1. The summed E-state index contributed by atoms with van der Waals surface area (Å²) in [5.74, 6) is 0.575. The molecule has 1 heterocycles. The van der Waals surface area contributed by atoms with Crippen molar-refractivity contribution >= 4 is 11.7 Å².